The summed E-state index contributed by atoms with van der Waals surface area (Å²) in [6, 6.07) is 15.5. The maximum atomic E-state index is 12.5. The Bertz CT molecular complexity index is 850. The number of nitrogens with two attached hydrogens (primary N) is 1. The van der Waals surface area contributed by atoms with Crippen molar-refractivity contribution in [3.63, 3.8) is 0 Å². The van der Waals surface area contributed by atoms with E-state index in [4.69, 9.17) is 5.14 Å². The van der Waals surface area contributed by atoms with Crippen LogP contribution in [0.5, 0.6) is 0 Å². The predicted octanol–water partition coefficient (Wildman–Crippen LogP) is 3.04. The van der Waals surface area contributed by atoms with Gasteiger partial charge in [-0.05, 0) is 49.1 Å². The third-order valence-electron chi connectivity index (χ3n) is 4.20. The highest BCUT2D eigenvalue weighted by atomic mass is 32.2. The lowest BCUT2D eigenvalue weighted by Gasteiger charge is -2.25. The molecule has 1 amide bonds. The van der Waals surface area contributed by atoms with E-state index in [9.17, 15) is 13.2 Å². The van der Waals surface area contributed by atoms with Gasteiger partial charge in [0.15, 0.2) is 0 Å². The molecule has 27 heavy (non-hydrogen) atoms. The van der Waals surface area contributed by atoms with E-state index >= 15 is 0 Å². The Balaban J connectivity index is 2.04. The first-order chi connectivity index (χ1) is 12.7. The van der Waals surface area contributed by atoms with Crippen LogP contribution < -0.4 is 15.8 Å². The standard InChI is InChI=1S/C20H27N3O3S/c1-14(2)13-19(16-7-5-4-6-8-16)22-15(3)20(24)23-17-9-11-18(12-10-17)27(21,25)26/h4-12,14-15,19,22H,13H2,1-3H3,(H,23,24)(H2,21,25,26)/t15-,19-/m1/s1. The van der Waals surface area contributed by atoms with E-state index in [1.165, 1.54) is 24.3 Å². The van der Waals surface area contributed by atoms with Crippen molar-refractivity contribution in [2.75, 3.05) is 5.32 Å². The van der Waals surface area contributed by atoms with Gasteiger partial charge in [0.2, 0.25) is 15.9 Å². The summed E-state index contributed by atoms with van der Waals surface area (Å²) in [7, 11) is -3.75. The highest BCUT2D eigenvalue weighted by molar-refractivity contribution is 7.89. The Morgan fingerprint density at radius 3 is 2.11 bits per heavy atom. The Labute approximate surface area is 161 Å². The van der Waals surface area contributed by atoms with Crippen molar-refractivity contribution >= 4 is 21.6 Å². The lowest BCUT2D eigenvalue weighted by atomic mass is 9.96. The Hall–Kier alpha value is -2.22. The molecule has 0 aliphatic rings. The molecule has 146 valence electrons. The summed E-state index contributed by atoms with van der Waals surface area (Å²) in [6.45, 7) is 6.11. The van der Waals surface area contributed by atoms with Gasteiger partial charge in [0.25, 0.3) is 0 Å². The quantitative estimate of drug-likeness (QED) is 0.646. The average Bonchev–Trinajstić information content (AvgIpc) is 2.61. The summed E-state index contributed by atoms with van der Waals surface area (Å²) >= 11 is 0. The predicted molar refractivity (Wildman–Crippen MR) is 108 cm³/mol. The highest BCUT2D eigenvalue weighted by Gasteiger charge is 2.20. The molecule has 0 radical (unpaired) electrons. The normalized spacial score (nSPS) is 14.0. The largest absolute Gasteiger partial charge is 0.325 e. The molecule has 0 fully saturated rings. The fourth-order valence-electron chi connectivity index (χ4n) is 2.81. The number of amides is 1. The Morgan fingerprint density at radius 2 is 1.59 bits per heavy atom. The summed E-state index contributed by atoms with van der Waals surface area (Å²) < 4.78 is 22.6. The van der Waals surface area contributed by atoms with Crippen LogP contribution in [0.25, 0.3) is 0 Å². The number of hydrogen-bond donors (Lipinski definition) is 3. The molecule has 0 aliphatic heterocycles. The van der Waals surface area contributed by atoms with E-state index in [-0.39, 0.29) is 16.8 Å². The Kier molecular flexibility index (Phi) is 7.12. The van der Waals surface area contributed by atoms with Crippen LogP contribution in [0.3, 0.4) is 0 Å². The number of carbonyl (C=O) groups excluding carboxylic acids is 1. The molecule has 0 spiro atoms. The van der Waals surface area contributed by atoms with E-state index in [2.05, 4.69) is 36.6 Å². The first-order valence-corrected chi connectivity index (χ1v) is 10.5. The van der Waals surface area contributed by atoms with E-state index in [0.29, 0.717) is 11.6 Å². The minimum absolute atomic E-state index is 0.00717. The van der Waals surface area contributed by atoms with E-state index in [1.807, 2.05) is 25.1 Å². The van der Waals surface area contributed by atoms with Crippen LogP contribution in [-0.4, -0.2) is 20.4 Å². The van der Waals surface area contributed by atoms with E-state index in [0.717, 1.165) is 12.0 Å². The van der Waals surface area contributed by atoms with Crippen LogP contribution in [0.15, 0.2) is 59.5 Å². The zero-order valence-electron chi connectivity index (χ0n) is 15.8. The molecule has 0 saturated heterocycles. The second-order valence-corrected chi connectivity index (χ2v) is 8.60. The molecule has 0 bridgehead atoms. The van der Waals surface area contributed by atoms with Crippen LogP contribution in [0.2, 0.25) is 0 Å². The lowest BCUT2D eigenvalue weighted by molar-refractivity contribution is -0.118. The van der Waals surface area contributed by atoms with Gasteiger partial charge < -0.3 is 5.32 Å². The minimum atomic E-state index is -3.75. The highest BCUT2D eigenvalue weighted by Crippen LogP contribution is 2.22. The van der Waals surface area contributed by atoms with Crippen LogP contribution >= 0.6 is 0 Å². The van der Waals surface area contributed by atoms with Crippen molar-refractivity contribution in [1.82, 2.24) is 5.32 Å². The van der Waals surface area contributed by atoms with Gasteiger partial charge >= 0.3 is 0 Å². The average molecular weight is 390 g/mol. The lowest BCUT2D eigenvalue weighted by Crippen LogP contribution is -2.40. The molecule has 6 nitrogen and oxygen atoms in total. The monoisotopic (exact) mass is 389 g/mol. The number of hydrogen-bond acceptors (Lipinski definition) is 4. The van der Waals surface area contributed by atoms with E-state index in [1.54, 1.807) is 0 Å². The van der Waals surface area contributed by atoms with E-state index < -0.39 is 16.1 Å². The SMILES string of the molecule is CC(C)C[C@@H](N[C@H](C)C(=O)Nc1ccc(S(N)(=O)=O)cc1)c1ccccc1. The fraction of sp³-hybridized carbons (Fsp3) is 0.350. The molecule has 2 atom stereocenters. The van der Waals surface area contributed by atoms with Gasteiger partial charge in [0, 0.05) is 11.7 Å². The number of primary sulfonamides is 1. The summed E-state index contributed by atoms with van der Waals surface area (Å²) in [5.74, 6) is 0.284. The van der Waals surface area contributed by atoms with Crippen molar-refractivity contribution in [3.05, 3.63) is 60.2 Å². The zero-order valence-corrected chi connectivity index (χ0v) is 16.7. The second-order valence-electron chi connectivity index (χ2n) is 7.04. The number of nitrogens with one attached hydrogen (secondary N) is 2. The molecule has 4 N–H and O–H groups in total. The second kappa shape index (κ2) is 9.12. The maximum Gasteiger partial charge on any atom is 0.241 e. The first-order valence-electron chi connectivity index (χ1n) is 8.91. The molecule has 2 aromatic carbocycles. The van der Waals surface area contributed by atoms with Crippen molar-refractivity contribution in [1.29, 1.82) is 0 Å². The molecule has 0 heterocycles. The number of benzene rings is 2. The van der Waals surface area contributed by atoms with Gasteiger partial charge in [-0.25, -0.2) is 13.6 Å². The summed E-state index contributed by atoms with van der Waals surface area (Å²) in [4.78, 5) is 12.5. The van der Waals surface area contributed by atoms with Gasteiger partial charge in [0.1, 0.15) is 0 Å². The minimum Gasteiger partial charge on any atom is -0.325 e. The smallest absolute Gasteiger partial charge is 0.241 e. The third-order valence-corrected chi connectivity index (χ3v) is 5.13. The molecule has 0 saturated carbocycles. The summed E-state index contributed by atoms with van der Waals surface area (Å²) in [6.07, 6.45) is 0.907. The third kappa shape index (κ3) is 6.46. The zero-order chi connectivity index (χ0) is 20.0. The molecular weight excluding hydrogens is 362 g/mol. The topological polar surface area (TPSA) is 101 Å². The number of sulfonamides is 1. The van der Waals surface area contributed by atoms with Crippen LogP contribution in [0.4, 0.5) is 5.69 Å². The number of carbonyl (C=O) groups is 1. The van der Waals surface area contributed by atoms with Gasteiger partial charge in [-0.3, -0.25) is 10.1 Å². The molecule has 2 rings (SSSR count). The number of anilines is 1. The molecule has 0 aliphatic carbocycles. The fourth-order valence-corrected chi connectivity index (χ4v) is 3.33. The van der Waals surface area contributed by atoms with Gasteiger partial charge in [0.05, 0.1) is 10.9 Å². The van der Waals surface area contributed by atoms with Crippen molar-refractivity contribution in [3.8, 4) is 0 Å². The molecule has 7 heteroatoms. The van der Waals surface area contributed by atoms with Gasteiger partial charge in [-0.2, -0.15) is 0 Å². The molecule has 0 aromatic heterocycles. The molecule has 0 unspecified atom stereocenters. The van der Waals surface area contributed by atoms with Crippen LogP contribution in [0.1, 0.15) is 38.8 Å². The van der Waals surface area contributed by atoms with Crippen molar-refractivity contribution in [2.45, 2.75) is 44.2 Å². The summed E-state index contributed by atoms with van der Waals surface area (Å²) in [5, 5.41) is 11.3. The Morgan fingerprint density at radius 1 is 1.00 bits per heavy atom. The van der Waals surface area contributed by atoms with Crippen LogP contribution in [-0.2, 0) is 14.8 Å². The number of rotatable bonds is 8. The molecule has 2 aromatic rings. The molecular formula is C20H27N3O3S. The van der Waals surface area contributed by atoms with Crippen LogP contribution in [0, 0.1) is 5.92 Å². The van der Waals surface area contributed by atoms with Gasteiger partial charge in [-0.15, -0.1) is 0 Å². The van der Waals surface area contributed by atoms with Gasteiger partial charge in [-0.1, -0.05) is 44.2 Å². The summed E-state index contributed by atoms with van der Waals surface area (Å²) in [5.41, 5.74) is 1.66. The first kappa shape index (κ1) is 21.1. The van der Waals surface area contributed by atoms with Crippen molar-refractivity contribution < 1.29 is 13.2 Å². The van der Waals surface area contributed by atoms with Crippen molar-refractivity contribution in [2.24, 2.45) is 11.1 Å². The maximum absolute atomic E-state index is 12.5.